The van der Waals surface area contributed by atoms with Crippen LogP contribution in [0.15, 0.2) is 29.1 Å². The van der Waals surface area contributed by atoms with Crippen molar-refractivity contribution in [1.82, 2.24) is 25.1 Å². The van der Waals surface area contributed by atoms with Crippen LogP contribution in [0, 0.1) is 0 Å². The molecule has 0 saturated carbocycles. The van der Waals surface area contributed by atoms with Gasteiger partial charge in [0.1, 0.15) is 16.6 Å². The molecule has 0 aliphatic carbocycles. The van der Waals surface area contributed by atoms with Crippen LogP contribution < -0.4 is 5.32 Å². The Kier molecular flexibility index (Phi) is 3.48. The second kappa shape index (κ2) is 5.05. The monoisotopic (exact) mass is 295 g/mol. The molecule has 2 heterocycles. The molecule has 0 aliphatic heterocycles. The lowest BCUT2D eigenvalue weighted by Gasteiger charge is -2.04. The normalized spacial score (nSPS) is 10.2. The fourth-order valence-electron chi connectivity index (χ4n) is 1.25. The van der Waals surface area contributed by atoms with Crippen molar-refractivity contribution in [2.24, 2.45) is 7.05 Å². The first-order chi connectivity index (χ1) is 8.16. The number of halogens is 1. The number of aromatic nitrogens is 4. The van der Waals surface area contributed by atoms with Gasteiger partial charge < -0.3 is 9.88 Å². The van der Waals surface area contributed by atoms with E-state index in [1.54, 1.807) is 29.1 Å². The van der Waals surface area contributed by atoms with Crippen LogP contribution in [-0.4, -0.2) is 25.7 Å². The average Bonchev–Trinajstić information content (AvgIpc) is 2.72. The highest BCUT2D eigenvalue weighted by atomic mass is 79.9. The number of hydrogen-bond donors (Lipinski definition) is 1. The molecule has 2 aromatic heterocycles. The van der Waals surface area contributed by atoms with Gasteiger partial charge in [0.15, 0.2) is 5.82 Å². The first kappa shape index (κ1) is 11.7. The Bertz CT molecular complexity index is 539. The second-order valence-electron chi connectivity index (χ2n) is 3.39. The minimum atomic E-state index is -0.241. The summed E-state index contributed by atoms with van der Waals surface area (Å²) in [4.78, 5) is 15.8. The van der Waals surface area contributed by atoms with Crippen molar-refractivity contribution in [3.05, 3.63) is 40.6 Å². The minimum Gasteiger partial charge on any atom is -0.343 e. The van der Waals surface area contributed by atoms with Gasteiger partial charge in [-0.2, -0.15) is 0 Å². The van der Waals surface area contributed by atoms with Crippen LogP contribution in [0.3, 0.4) is 0 Å². The Morgan fingerprint density at radius 3 is 3.00 bits per heavy atom. The second-order valence-corrected chi connectivity index (χ2v) is 4.20. The van der Waals surface area contributed by atoms with Gasteiger partial charge in [-0.15, -0.1) is 10.2 Å². The summed E-state index contributed by atoms with van der Waals surface area (Å²) in [6.45, 7) is 0.323. The Hall–Kier alpha value is -1.76. The van der Waals surface area contributed by atoms with Crippen molar-refractivity contribution < 1.29 is 4.79 Å². The molecule has 2 aromatic rings. The Morgan fingerprint density at radius 1 is 1.53 bits per heavy atom. The molecule has 7 heteroatoms. The molecule has 0 unspecified atom stereocenters. The van der Waals surface area contributed by atoms with Gasteiger partial charge >= 0.3 is 0 Å². The first-order valence-corrected chi connectivity index (χ1v) is 5.70. The summed E-state index contributed by atoms with van der Waals surface area (Å²) in [5.41, 5.74) is 0.363. The fourth-order valence-corrected chi connectivity index (χ4v) is 1.60. The van der Waals surface area contributed by atoms with Crippen molar-refractivity contribution in [1.29, 1.82) is 0 Å². The molecule has 2 rings (SSSR count). The van der Waals surface area contributed by atoms with E-state index in [0.717, 1.165) is 0 Å². The molecule has 1 amide bonds. The van der Waals surface area contributed by atoms with Gasteiger partial charge in [0.2, 0.25) is 0 Å². The van der Waals surface area contributed by atoms with Gasteiger partial charge in [-0.25, -0.2) is 4.98 Å². The van der Waals surface area contributed by atoms with Gasteiger partial charge in [0.05, 0.1) is 6.54 Å². The average molecular weight is 296 g/mol. The topological polar surface area (TPSA) is 72.7 Å². The van der Waals surface area contributed by atoms with E-state index in [1.807, 2.05) is 7.05 Å². The Morgan fingerprint density at radius 2 is 2.35 bits per heavy atom. The molecule has 6 nitrogen and oxygen atoms in total. The molecule has 0 aliphatic rings. The van der Waals surface area contributed by atoms with E-state index in [0.29, 0.717) is 22.7 Å². The fraction of sp³-hybridized carbons (Fsp3) is 0.200. The van der Waals surface area contributed by atoms with Gasteiger partial charge in [-0.1, -0.05) is 6.07 Å². The summed E-state index contributed by atoms with van der Waals surface area (Å²) in [5.74, 6) is 0.447. The number of nitrogens with one attached hydrogen (secondary N) is 1. The third kappa shape index (κ3) is 2.88. The summed E-state index contributed by atoms with van der Waals surface area (Å²) in [7, 11) is 1.82. The van der Waals surface area contributed by atoms with E-state index in [2.05, 4.69) is 36.4 Å². The zero-order chi connectivity index (χ0) is 12.3. The smallest absolute Gasteiger partial charge is 0.270 e. The number of amides is 1. The van der Waals surface area contributed by atoms with Crippen molar-refractivity contribution >= 4 is 21.8 Å². The third-order valence-corrected chi connectivity index (χ3v) is 2.60. The van der Waals surface area contributed by atoms with Crippen molar-refractivity contribution in [2.45, 2.75) is 6.54 Å². The van der Waals surface area contributed by atoms with Gasteiger partial charge in [0, 0.05) is 7.05 Å². The number of rotatable bonds is 3. The molecule has 0 atom stereocenters. The van der Waals surface area contributed by atoms with E-state index >= 15 is 0 Å². The number of carbonyl (C=O) groups excluding carboxylic acids is 1. The summed E-state index contributed by atoms with van der Waals surface area (Å²) < 4.78 is 2.37. The van der Waals surface area contributed by atoms with Crippen molar-refractivity contribution in [3.63, 3.8) is 0 Å². The maximum absolute atomic E-state index is 11.8. The van der Waals surface area contributed by atoms with Crippen LogP contribution >= 0.6 is 15.9 Å². The molecule has 0 saturated heterocycles. The molecule has 0 spiro atoms. The molecular formula is C10H10BrN5O. The first-order valence-electron chi connectivity index (χ1n) is 4.90. The van der Waals surface area contributed by atoms with Gasteiger partial charge in [-0.3, -0.25) is 4.79 Å². The standard InChI is InChI=1S/C10H10BrN5O/c1-16-6-13-15-9(16)5-12-10(17)7-3-2-4-8(11)14-7/h2-4,6H,5H2,1H3,(H,12,17). The molecule has 0 radical (unpaired) electrons. The van der Waals surface area contributed by atoms with E-state index in [9.17, 15) is 4.79 Å². The van der Waals surface area contributed by atoms with Crippen molar-refractivity contribution in [2.75, 3.05) is 0 Å². The molecule has 88 valence electrons. The van der Waals surface area contributed by atoms with E-state index in [1.165, 1.54) is 0 Å². The predicted molar refractivity (Wildman–Crippen MR) is 64.1 cm³/mol. The molecular weight excluding hydrogens is 286 g/mol. The van der Waals surface area contributed by atoms with Gasteiger partial charge in [0.25, 0.3) is 5.91 Å². The van der Waals surface area contributed by atoms with Crippen LogP contribution in [0.25, 0.3) is 0 Å². The van der Waals surface area contributed by atoms with E-state index < -0.39 is 0 Å². The highest BCUT2D eigenvalue weighted by Gasteiger charge is 2.08. The lowest BCUT2D eigenvalue weighted by atomic mass is 10.3. The largest absolute Gasteiger partial charge is 0.343 e. The number of hydrogen-bond acceptors (Lipinski definition) is 4. The minimum absolute atomic E-state index is 0.241. The highest BCUT2D eigenvalue weighted by Crippen LogP contribution is 2.06. The molecule has 0 aromatic carbocycles. The van der Waals surface area contributed by atoms with Crippen LogP contribution in [0.1, 0.15) is 16.3 Å². The van der Waals surface area contributed by atoms with Gasteiger partial charge in [-0.05, 0) is 28.1 Å². The molecule has 0 bridgehead atoms. The van der Waals surface area contributed by atoms with Crippen LogP contribution in [-0.2, 0) is 13.6 Å². The molecule has 1 N–H and O–H groups in total. The van der Waals surface area contributed by atoms with Crippen LogP contribution in [0.5, 0.6) is 0 Å². The third-order valence-electron chi connectivity index (χ3n) is 2.16. The van der Waals surface area contributed by atoms with Crippen LogP contribution in [0.2, 0.25) is 0 Å². The van der Waals surface area contributed by atoms with Crippen molar-refractivity contribution in [3.8, 4) is 0 Å². The molecule has 0 fully saturated rings. The zero-order valence-corrected chi connectivity index (χ0v) is 10.7. The molecule has 17 heavy (non-hydrogen) atoms. The number of nitrogens with zero attached hydrogens (tertiary/aromatic N) is 4. The SMILES string of the molecule is Cn1cnnc1CNC(=O)c1cccc(Br)n1. The number of aryl methyl sites for hydroxylation is 1. The van der Waals surface area contributed by atoms with Crippen LogP contribution in [0.4, 0.5) is 0 Å². The van der Waals surface area contributed by atoms with E-state index in [4.69, 9.17) is 0 Å². The number of pyridine rings is 1. The quantitative estimate of drug-likeness (QED) is 0.854. The maximum Gasteiger partial charge on any atom is 0.270 e. The van der Waals surface area contributed by atoms with E-state index in [-0.39, 0.29) is 5.91 Å². The lowest BCUT2D eigenvalue weighted by Crippen LogP contribution is -2.25. The summed E-state index contributed by atoms with van der Waals surface area (Å²) in [5, 5.41) is 10.3. The summed E-state index contributed by atoms with van der Waals surface area (Å²) in [6.07, 6.45) is 1.58. The Labute approximate surface area is 106 Å². The zero-order valence-electron chi connectivity index (χ0n) is 9.09. The summed E-state index contributed by atoms with van der Waals surface area (Å²) >= 11 is 3.21. The Balaban J connectivity index is 2.01. The maximum atomic E-state index is 11.8. The number of carbonyl (C=O) groups is 1. The summed E-state index contributed by atoms with van der Waals surface area (Å²) in [6, 6.07) is 5.17. The highest BCUT2D eigenvalue weighted by molar-refractivity contribution is 9.10. The predicted octanol–water partition coefficient (Wildman–Crippen LogP) is 0.903. The lowest BCUT2D eigenvalue weighted by molar-refractivity contribution is 0.0944.